The minimum atomic E-state index is 0.791. The zero-order valence-electron chi connectivity index (χ0n) is 11.4. The summed E-state index contributed by atoms with van der Waals surface area (Å²) < 4.78 is 2.05. The maximum absolute atomic E-state index is 4.22. The van der Waals surface area contributed by atoms with Gasteiger partial charge in [-0.3, -0.25) is 4.99 Å². The van der Waals surface area contributed by atoms with E-state index in [0.717, 1.165) is 25.5 Å². The molecular weight excluding hydrogens is 256 g/mol. The van der Waals surface area contributed by atoms with Crippen LogP contribution in [-0.2, 0) is 20.0 Å². The number of aromatic nitrogens is 1. The molecular formula is C14H20N4S. The molecule has 0 bridgehead atoms. The van der Waals surface area contributed by atoms with Crippen LogP contribution in [0.5, 0.6) is 0 Å². The second-order valence-corrected chi connectivity index (χ2v) is 5.40. The number of nitrogens with one attached hydrogen (secondary N) is 2. The van der Waals surface area contributed by atoms with Crippen LogP contribution in [0.2, 0.25) is 0 Å². The lowest BCUT2D eigenvalue weighted by molar-refractivity contribution is 0.797. The van der Waals surface area contributed by atoms with Gasteiger partial charge < -0.3 is 15.2 Å². The minimum Gasteiger partial charge on any atom is -0.357 e. The van der Waals surface area contributed by atoms with Crippen LogP contribution in [0.15, 0.2) is 41.0 Å². The molecule has 0 aliphatic carbocycles. The Balaban J connectivity index is 1.71. The van der Waals surface area contributed by atoms with Crippen molar-refractivity contribution in [3.63, 3.8) is 0 Å². The van der Waals surface area contributed by atoms with Crippen LogP contribution >= 0.6 is 11.3 Å². The summed E-state index contributed by atoms with van der Waals surface area (Å²) in [5.41, 5.74) is 1.25. The molecule has 0 saturated carbocycles. The molecule has 19 heavy (non-hydrogen) atoms. The number of nitrogens with zero attached hydrogens (tertiary/aromatic N) is 2. The van der Waals surface area contributed by atoms with E-state index in [-0.39, 0.29) is 0 Å². The SMILES string of the molecule is CN=C(NCCc1cccs1)NCc1ccn(C)c1. The molecule has 0 unspecified atom stereocenters. The predicted octanol–water partition coefficient (Wildman–Crippen LogP) is 1.99. The highest BCUT2D eigenvalue weighted by Crippen LogP contribution is 2.07. The fourth-order valence-electron chi connectivity index (χ4n) is 1.83. The van der Waals surface area contributed by atoms with Gasteiger partial charge in [0.05, 0.1) is 0 Å². The van der Waals surface area contributed by atoms with E-state index in [0.29, 0.717) is 0 Å². The monoisotopic (exact) mass is 276 g/mol. The molecule has 0 atom stereocenters. The van der Waals surface area contributed by atoms with Gasteiger partial charge in [-0.05, 0) is 29.5 Å². The van der Waals surface area contributed by atoms with Crippen LogP contribution in [0, 0.1) is 0 Å². The average Bonchev–Trinajstić information content (AvgIpc) is 3.05. The molecule has 2 rings (SSSR count). The second kappa shape index (κ2) is 6.99. The van der Waals surface area contributed by atoms with E-state index in [1.165, 1.54) is 10.4 Å². The van der Waals surface area contributed by atoms with Crippen molar-refractivity contribution < 1.29 is 0 Å². The smallest absolute Gasteiger partial charge is 0.191 e. The van der Waals surface area contributed by atoms with Crippen molar-refractivity contribution in [3.8, 4) is 0 Å². The lowest BCUT2D eigenvalue weighted by Crippen LogP contribution is -2.37. The summed E-state index contributed by atoms with van der Waals surface area (Å²) >= 11 is 1.79. The van der Waals surface area contributed by atoms with Gasteiger partial charge in [0.25, 0.3) is 0 Å². The van der Waals surface area contributed by atoms with Crippen LogP contribution in [0.1, 0.15) is 10.4 Å². The van der Waals surface area contributed by atoms with Gasteiger partial charge in [-0.25, -0.2) is 0 Å². The van der Waals surface area contributed by atoms with Crippen LogP contribution in [0.25, 0.3) is 0 Å². The summed E-state index contributed by atoms with van der Waals surface area (Å²) in [6.07, 6.45) is 5.18. The number of rotatable bonds is 5. The van der Waals surface area contributed by atoms with Crippen LogP contribution < -0.4 is 10.6 Å². The molecule has 0 aromatic carbocycles. The third-order valence-corrected chi connectivity index (χ3v) is 3.76. The van der Waals surface area contributed by atoms with Gasteiger partial charge in [0.1, 0.15) is 0 Å². The normalized spacial score (nSPS) is 11.6. The molecule has 0 radical (unpaired) electrons. The first-order chi connectivity index (χ1) is 9.28. The van der Waals surface area contributed by atoms with Gasteiger partial charge in [-0.1, -0.05) is 6.07 Å². The topological polar surface area (TPSA) is 41.4 Å². The van der Waals surface area contributed by atoms with Crippen LogP contribution in [0.4, 0.5) is 0 Å². The van der Waals surface area contributed by atoms with Gasteiger partial charge in [-0.2, -0.15) is 0 Å². The van der Waals surface area contributed by atoms with Crippen molar-refractivity contribution in [1.29, 1.82) is 0 Å². The molecule has 0 fully saturated rings. The van der Waals surface area contributed by atoms with E-state index in [4.69, 9.17) is 0 Å². The molecule has 0 saturated heterocycles. The van der Waals surface area contributed by atoms with E-state index in [2.05, 4.69) is 45.4 Å². The highest BCUT2D eigenvalue weighted by Gasteiger charge is 1.99. The number of aryl methyl sites for hydroxylation is 1. The largest absolute Gasteiger partial charge is 0.357 e. The summed E-state index contributed by atoms with van der Waals surface area (Å²) in [6, 6.07) is 6.35. The molecule has 0 spiro atoms. The molecule has 2 aromatic heterocycles. The van der Waals surface area contributed by atoms with Crippen molar-refractivity contribution in [2.24, 2.45) is 12.0 Å². The Morgan fingerprint density at radius 1 is 1.37 bits per heavy atom. The maximum atomic E-state index is 4.22. The summed E-state index contributed by atoms with van der Waals surface area (Å²) in [7, 11) is 3.82. The second-order valence-electron chi connectivity index (χ2n) is 4.37. The standard InChI is InChI=1S/C14H20N4S/c1-15-14(16-7-5-13-4-3-9-19-13)17-10-12-6-8-18(2)11-12/h3-4,6,8-9,11H,5,7,10H2,1-2H3,(H2,15,16,17). The number of guanidine groups is 1. The van der Waals surface area contributed by atoms with Crippen molar-refractivity contribution in [3.05, 3.63) is 46.4 Å². The quantitative estimate of drug-likeness (QED) is 0.648. The first kappa shape index (κ1) is 13.7. The molecule has 0 aliphatic heterocycles. The highest BCUT2D eigenvalue weighted by atomic mass is 32.1. The molecule has 0 amide bonds. The number of thiophene rings is 1. The zero-order valence-corrected chi connectivity index (χ0v) is 12.2. The third kappa shape index (κ3) is 4.44. The van der Waals surface area contributed by atoms with E-state index in [1.807, 2.05) is 17.8 Å². The summed E-state index contributed by atoms with van der Waals surface area (Å²) in [5, 5.41) is 8.74. The predicted molar refractivity (Wildman–Crippen MR) is 81.6 cm³/mol. The number of hydrogen-bond donors (Lipinski definition) is 2. The number of aliphatic imine (C=N–C) groups is 1. The lowest BCUT2D eigenvalue weighted by atomic mass is 10.3. The van der Waals surface area contributed by atoms with Gasteiger partial charge in [0.2, 0.25) is 0 Å². The summed E-state index contributed by atoms with van der Waals surface area (Å²) in [5.74, 6) is 0.848. The van der Waals surface area contributed by atoms with Gasteiger partial charge >= 0.3 is 0 Å². The Kier molecular flexibility index (Phi) is 5.03. The Morgan fingerprint density at radius 3 is 2.89 bits per heavy atom. The fraction of sp³-hybridized carbons (Fsp3) is 0.357. The van der Waals surface area contributed by atoms with Crippen molar-refractivity contribution in [2.75, 3.05) is 13.6 Å². The van der Waals surface area contributed by atoms with Gasteiger partial charge in [0, 0.05) is 44.5 Å². The van der Waals surface area contributed by atoms with E-state index in [9.17, 15) is 0 Å². The molecule has 0 aliphatic rings. The molecule has 5 heteroatoms. The van der Waals surface area contributed by atoms with Gasteiger partial charge in [0.15, 0.2) is 5.96 Å². The molecule has 102 valence electrons. The van der Waals surface area contributed by atoms with Crippen LogP contribution in [-0.4, -0.2) is 24.1 Å². The Hall–Kier alpha value is -1.75. The molecule has 2 N–H and O–H groups in total. The minimum absolute atomic E-state index is 0.791. The third-order valence-electron chi connectivity index (χ3n) is 2.82. The number of hydrogen-bond acceptors (Lipinski definition) is 2. The fourth-order valence-corrected chi connectivity index (χ4v) is 2.54. The van der Waals surface area contributed by atoms with Crippen molar-refractivity contribution in [2.45, 2.75) is 13.0 Å². The Morgan fingerprint density at radius 2 is 2.26 bits per heavy atom. The summed E-state index contributed by atoms with van der Waals surface area (Å²) in [4.78, 5) is 5.61. The molecule has 2 heterocycles. The maximum Gasteiger partial charge on any atom is 0.191 e. The Labute approximate surface area is 118 Å². The van der Waals surface area contributed by atoms with E-state index < -0.39 is 0 Å². The van der Waals surface area contributed by atoms with Gasteiger partial charge in [-0.15, -0.1) is 11.3 Å². The average molecular weight is 276 g/mol. The first-order valence-electron chi connectivity index (χ1n) is 6.35. The molecule has 2 aromatic rings. The first-order valence-corrected chi connectivity index (χ1v) is 7.23. The lowest BCUT2D eigenvalue weighted by Gasteiger charge is -2.10. The van der Waals surface area contributed by atoms with E-state index in [1.54, 1.807) is 18.4 Å². The van der Waals surface area contributed by atoms with Crippen molar-refractivity contribution >= 4 is 17.3 Å². The Bertz CT molecular complexity index is 513. The highest BCUT2D eigenvalue weighted by molar-refractivity contribution is 7.09. The van der Waals surface area contributed by atoms with Crippen molar-refractivity contribution in [1.82, 2.24) is 15.2 Å². The van der Waals surface area contributed by atoms with E-state index >= 15 is 0 Å². The summed E-state index contributed by atoms with van der Waals surface area (Å²) in [6.45, 7) is 1.69. The zero-order chi connectivity index (χ0) is 13.5. The van der Waals surface area contributed by atoms with Crippen LogP contribution in [0.3, 0.4) is 0 Å². The molecule has 4 nitrogen and oxygen atoms in total.